The Hall–Kier alpha value is -1.16. The SMILES string of the molecule is C=CCNC(=O)c1ncc(C)s1. The summed E-state index contributed by atoms with van der Waals surface area (Å²) in [6, 6.07) is 0. The van der Waals surface area contributed by atoms with Crippen LogP contribution in [0.4, 0.5) is 0 Å². The molecule has 0 saturated heterocycles. The van der Waals surface area contributed by atoms with Crippen LogP contribution in [0.3, 0.4) is 0 Å². The largest absolute Gasteiger partial charge is 0.347 e. The zero-order chi connectivity index (χ0) is 8.97. The summed E-state index contributed by atoms with van der Waals surface area (Å²) < 4.78 is 0. The van der Waals surface area contributed by atoms with Crippen LogP contribution in [0, 0.1) is 6.92 Å². The molecule has 4 heteroatoms. The van der Waals surface area contributed by atoms with E-state index < -0.39 is 0 Å². The molecule has 12 heavy (non-hydrogen) atoms. The Morgan fingerprint density at radius 3 is 3.17 bits per heavy atom. The Labute approximate surface area is 75.1 Å². The molecule has 0 bridgehead atoms. The van der Waals surface area contributed by atoms with Gasteiger partial charge in [0.1, 0.15) is 0 Å². The van der Waals surface area contributed by atoms with E-state index in [9.17, 15) is 4.79 Å². The zero-order valence-electron chi connectivity index (χ0n) is 6.83. The van der Waals surface area contributed by atoms with Crippen LogP contribution < -0.4 is 5.32 Å². The second-order valence-corrected chi connectivity index (χ2v) is 3.51. The van der Waals surface area contributed by atoms with E-state index in [1.54, 1.807) is 12.3 Å². The number of rotatable bonds is 3. The third-order valence-electron chi connectivity index (χ3n) is 1.22. The molecule has 0 unspecified atom stereocenters. The highest BCUT2D eigenvalue weighted by Gasteiger charge is 2.07. The molecule has 0 saturated carbocycles. The van der Waals surface area contributed by atoms with E-state index in [4.69, 9.17) is 0 Å². The lowest BCUT2D eigenvalue weighted by Gasteiger charge is -1.95. The fraction of sp³-hybridized carbons (Fsp3) is 0.250. The number of carbonyl (C=O) groups excluding carboxylic acids is 1. The fourth-order valence-electron chi connectivity index (χ4n) is 0.700. The molecule has 0 aliphatic carbocycles. The molecule has 0 aromatic carbocycles. The van der Waals surface area contributed by atoms with E-state index in [1.165, 1.54) is 11.3 Å². The van der Waals surface area contributed by atoms with Gasteiger partial charge in [-0.1, -0.05) is 6.08 Å². The Morgan fingerprint density at radius 1 is 1.92 bits per heavy atom. The van der Waals surface area contributed by atoms with Gasteiger partial charge in [0, 0.05) is 17.6 Å². The summed E-state index contributed by atoms with van der Waals surface area (Å²) in [4.78, 5) is 16.2. The minimum Gasteiger partial charge on any atom is -0.347 e. The molecular weight excluding hydrogens is 172 g/mol. The average Bonchev–Trinajstić information content (AvgIpc) is 2.47. The topological polar surface area (TPSA) is 42.0 Å². The lowest BCUT2D eigenvalue weighted by Crippen LogP contribution is -2.22. The van der Waals surface area contributed by atoms with Crippen LogP contribution in [-0.4, -0.2) is 17.4 Å². The molecule has 1 amide bonds. The van der Waals surface area contributed by atoms with Crippen molar-refractivity contribution in [1.29, 1.82) is 0 Å². The van der Waals surface area contributed by atoms with Crippen molar-refractivity contribution < 1.29 is 4.79 Å². The molecule has 1 aromatic heterocycles. The molecule has 0 spiro atoms. The van der Waals surface area contributed by atoms with Gasteiger partial charge >= 0.3 is 0 Å². The van der Waals surface area contributed by atoms with Crippen molar-refractivity contribution in [3.05, 3.63) is 28.7 Å². The summed E-state index contributed by atoms with van der Waals surface area (Å²) in [6.07, 6.45) is 3.33. The third-order valence-corrected chi connectivity index (χ3v) is 2.13. The van der Waals surface area contributed by atoms with Gasteiger partial charge in [-0.15, -0.1) is 17.9 Å². The van der Waals surface area contributed by atoms with E-state index in [0.717, 1.165) is 4.88 Å². The summed E-state index contributed by atoms with van der Waals surface area (Å²) in [6.45, 7) is 5.90. The second kappa shape index (κ2) is 4.01. The fourth-order valence-corrected chi connectivity index (χ4v) is 1.38. The average molecular weight is 182 g/mol. The molecule has 1 rings (SSSR count). The van der Waals surface area contributed by atoms with Gasteiger partial charge in [0.2, 0.25) is 0 Å². The number of thiazole rings is 1. The minimum absolute atomic E-state index is 0.131. The lowest BCUT2D eigenvalue weighted by atomic mass is 10.5. The van der Waals surface area contributed by atoms with Crippen LogP contribution in [0.5, 0.6) is 0 Å². The van der Waals surface area contributed by atoms with Gasteiger partial charge in [0.15, 0.2) is 5.01 Å². The second-order valence-electron chi connectivity index (χ2n) is 2.27. The number of aromatic nitrogens is 1. The van der Waals surface area contributed by atoms with Crippen LogP contribution in [0.2, 0.25) is 0 Å². The highest BCUT2D eigenvalue weighted by atomic mass is 32.1. The van der Waals surface area contributed by atoms with Crippen molar-refractivity contribution in [2.75, 3.05) is 6.54 Å². The van der Waals surface area contributed by atoms with Gasteiger partial charge in [-0.25, -0.2) is 4.98 Å². The first-order chi connectivity index (χ1) is 5.74. The first kappa shape index (κ1) is 8.93. The molecule has 0 fully saturated rings. The molecule has 64 valence electrons. The quantitative estimate of drug-likeness (QED) is 0.717. The highest BCUT2D eigenvalue weighted by Crippen LogP contribution is 2.10. The van der Waals surface area contributed by atoms with Crippen LogP contribution in [0.1, 0.15) is 14.7 Å². The Kier molecular flexibility index (Phi) is 2.99. The molecule has 3 nitrogen and oxygen atoms in total. The monoisotopic (exact) mass is 182 g/mol. The van der Waals surface area contributed by atoms with Gasteiger partial charge < -0.3 is 5.32 Å². The van der Waals surface area contributed by atoms with Gasteiger partial charge in [-0.05, 0) is 6.92 Å². The normalized spacial score (nSPS) is 9.42. The van der Waals surface area contributed by atoms with E-state index in [0.29, 0.717) is 11.6 Å². The number of hydrogen-bond acceptors (Lipinski definition) is 3. The molecular formula is C8H10N2OS. The van der Waals surface area contributed by atoms with Crippen molar-refractivity contribution in [3.8, 4) is 0 Å². The number of aryl methyl sites for hydroxylation is 1. The number of carbonyl (C=O) groups is 1. The molecule has 1 heterocycles. The Morgan fingerprint density at radius 2 is 2.67 bits per heavy atom. The summed E-state index contributed by atoms with van der Waals surface area (Å²) in [7, 11) is 0. The summed E-state index contributed by atoms with van der Waals surface area (Å²) in [5.41, 5.74) is 0. The van der Waals surface area contributed by atoms with Gasteiger partial charge in [0.05, 0.1) is 0 Å². The van der Waals surface area contributed by atoms with Crippen molar-refractivity contribution in [3.63, 3.8) is 0 Å². The molecule has 0 radical (unpaired) electrons. The molecule has 0 aliphatic heterocycles. The van der Waals surface area contributed by atoms with E-state index in [2.05, 4.69) is 16.9 Å². The molecule has 0 atom stereocenters. The smallest absolute Gasteiger partial charge is 0.280 e. The standard InChI is InChI=1S/C8H10N2OS/c1-3-4-9-7(11)8-10-5-6(2)12-8/h3,5H,1,4H2,2H3,(H,9,11). The van der Waals surface area contributed by atoms with Gasteiger partial charge in [-0.2, -0.15) is 0 Å². The van der Waals surface area contributed by atoms with E-state index in [-0.39, 0.29) is 5.91 Å². The van der Waals surface area contributed by atoms with Gasteiger partial charge in [-0.3, -0.25) is 4.79 Å². The van der Waals surface area contributed by atoms with E-state index in [1.807, 2.05) is 6.92 Å². The lowest BCUT2D eigenvalue weighted by molar-refractivity contribution is 0.0957. The van der Waals surface area contributed by atoms with Crippen LogP contribution in [0.25, 0.3) is 0 Å². The third kappa shape index (κ3) is 2.17. The summed E-state index contributed by atoms with van der Waals surface area (Å²) in [5.74, 6) is -0.131. The zero-order valence-corrected chi connectivity index (χ0v) is 7.65. The van der Waals surface area contributed by atoms with Crippen LogP contribution in [-0.2, 0) is 0 Å². The molecule has 0 aliphatic rings. The first-order valence-electron chi connectivity index (χ1n) is 3.55. The summed E-state index contributed by atoms with van der Waals surface area (Å²) in [5, 5.41) is 3.16. The molecule has 1 N–H and O–H groups in total. The Balaban J connectivity index is 2.59. The first-order valence-corrected chi connectivity index (χ1v) is 4.37. The van der Waals surface area contributed by atoms with Crippen LogP contribution in [0.15, 0.2) is 18.9 Å². The predicted octanol–water partition coefficient (Wildman–Crippen LogP) is 1.37. The maximum atomic E-state index is 11.2. The number of hydrogen-bond donors (Lipinski definition) is 1. The van der Waals surface area contributed by atoms with Crippen molar-refractivity contribution in [2.45, 2.75) is 6.92 Å². The summed E-state index contributed by atoms with van der Waals surface area (Å²) >= 11 is 1.39. The number of nitrogens with zero attached hydrogens (tertiary/aromatic N) is 1. The number of nitrogens with one attached hydrogen (secondary N) is 1. The van der Waals surface area contributed by atoms with Gasteiger partial charge in [0.25, 0.3) is 5.91 Å². The van der Waals surface area contributed by atoms with Crippen molar-refractivity contribution >= 4 is 17.2 Å². The van der Waals surface area contributed by atoms with E-state index >= 15 is 0 Å². The highest BCUT2D eigenvalue weighted by molar-refractivity contribution is 7.13. The number of amides is 1. The maximum Gasteiger partial charge on any atom is 0.280 e. The Bertz CT molecular complexity index is 293. The van der Waals surface area contributed by atoms with Crippen molar-refractivity contribution in [1.82, 2.24) is 10.3 Å². The minimum atomic E-state index is -0.131. The van der Waals surface area contributed by atoms with Crippen LogP contribution >= 0.6 is 11.3 Å². The predicted molar refractivity (Wildman–Crippen MR) is 49.4 cm³/mol. The van der Waals surface area contributed by atoms with Crippen molar-refractivity contribution in [2.24, 2.45) is 0 Å². The molecule has 1 aromatic rings. The maximum absolute atomic E-state index is 11.2.